The van der Waals surface area contributed by atoms with Crippen molar-refractivity contribution in [3.05, 3.63) is 71.3 Å². The molecule has 1 fully saturated rings. The van der Waals surface area contributed by atoms with E-state index < -0.39 is 11.8 Å². The summed E-state index contributed by atoms with van der Waals surface area (Å²) in [5.74, 6) is -1.17. The van der Waals surface area contributed by atoms with Gasteiger partial charge in [0.2, 0.25) is 5.91 Å². The maximum atomic E-state index is 12.4. The molecule has 3 rings (SSSR count). The summed E-state index contributed by atoms with van der Waals surface area (Å²) in [6.07, 6.45) is 0.184. The SMILES string of the molecule is Cc1cccc(CNC(=O)CCN2CCN(Cc3ccccc3)C(=O)C2=O)c1. The van der Waals surface area contributed by atoms with Crippen LogP contribution in [0.15, 0.2) is 54.6 Å². The molecule has 2 aromatic carbocycles. The number of nitrogens with one attached hydrogen (secondary N) is 1. The van der Waals surface area contributed by atoms with Gasteiger partial charge in [0.05, 0.1) is 0 Å². The molecule has 1 aliphatic rings. The van der Waals surface area contributed by atoms with Gasteiger partial charge in [-0.1, -0.05) is 60.2 Å². The van der Waals surface area contributed by atoms with E-state index in [1.54, 1.807) is 4.90 Å². The zero-order valence-corrected chi connectivity index (χ0v) is 16.1. The highest BCUT2D eigenvalue weighted by molar-refractivity contribution is 6.35. The van der Waals surface area contributed by atoms with E-state index in [4.69, 9.17) is 0 Å². The average Bonchev–Trinajstić information content (AvgIpc) is 2.70. The molecule has 1 aliphatic heterocycles. The van der Waals surface area contributed by atoms with Crippen molar-refractivity contribution in [2.24, 2.45) is 0 Å². The van der Waals surface area contributed by atoms with Crippen LogP contribution in [-0.2, 0) is 27.5 Å². The number of hydrogen-bond acceptors (Lipinski definition) is 3. The molecule has 0 aliphatic carbocycles. The smallest absolute Gasteiger partial charge is 0.312 e. The number of carbonyl (C=O) groups is 3. The summed E-state index contributed by atoms with van der Waals surface area (Å²) in [5.41, 5.74) is 3.17. The van der Waals surface area contributed by atoms with Gasteiger partial charge in [0.25, 0.3) is 0 Å². The van der Waals surface area contributed by atoms with Crippen molar-refractivity contribution in [3.63, 3.8) is 0 Å². The Kier molecular flexibility index (Phi) is 6.42. The van der Waals surface area contributed by atoms with Crippen LogP contribution in [-0.4, -0.2) is 47.2 Å². The fourth-order valence-electron chi connectivity index (χ4n) is 3.23. The molecule has 146 valence electrons. The van der Waals surface area contributed by atoms with E-state index in [0.717, 1.165) is 16.7 Å². The van der Waals surface area contributed by atoms with Crippen LogP contribution >= 0.6 is 0 Å². The highest BCUT2D eigenvalue weighted by atomic mass is 16.2. The van der Waals surface area contributed by atoms with Crippen molar-refractivity contribution in [1.82, 2.24) is 15.1 Å². The average molecular weight is 379 g/mol. The molecule has 3 amide bonds. The lowest BCUT2D eigenvalue weighted by Crippen LogP contribution is -2.54. The van der Waals surface area contributed by atoms with Crippen molar-refractivity contribution in [2.45, 2.75) is 26.4 Å². The molecule has 0 atom stereocenters. The van der Waals surface area contributed by atoms with E-state index in [9.17, 15) is 14.4 Å². The third-order valence-corrected chi connectivity index (χ3v) is 4.79. The number of carbonyl (C=O) groups excluding carboxylic acids is 3. The predicted molar refractivity (Wildman–Crippen MR) is 106 cm³/mol. The standard InChI is InChI=1S/C22H25N3O3/c1-17-6-5-9-19(14-17)15-23-20(26)10-11-24-12-13-25(22(28)21(24)27)16-18-7-3-2-4-8-18/h2-9,14H,10-13,15-16H2,1H3,(H,23,26). The van der Waals surface area contributed by atoms with E-state index in [1.807, 2.05) is 61.5 Å². The normalized spacial score (nSPS) is 14.3. The molecule has 0 aromatic heterocycles. The third-order valence-electron chi connectivity index (χ3n) is 4.79. The first-order valence-electron chi connectivity index (χ1n) is 9.47. The number of amides is 3. The van der Waals surface area contributed by atoms with Crippen LogP contribution in [0.2, 0.25) is 0 Å². The highest BCUT2D eigenvalue weighted by Crippen LogP contribution is 2.11. The van der Waals surface area contributed by atoms with Gasteiger partial charge in [-0.3, -0.25) is 14.4 Å². The minimum atomic E-state index is -0.534. The lowest BCUT2D eigenvalue weighted by Gasteiger charge is -2.33. The maximum absolute atomic E-state index is 12.4. The largest absolute Gasteiger partial charge is 0.352 e. The van der Waals surface area contributed by atoms with Crippen LogP contribution in [0.3, 0.4) is 0 Å². The molecular formula is C22H25N3O3. The van der Waals surface area contributed by atoms with Crippen LogP contribution in [0.1, 0.15) is 23.1 Å². The van der Waals surface area contributed by atoms with Crippen LogP contribution in [0.5, 0.6) is 0 Å². The van der Waals surface area contributed by atoms with Crippen molar-refractivity contribution >= 4 is 17.7 Å². The molecule has 1 saturated heterocycles. The Balaban J connectivity index is 1.44. The number of benzene rings is 2. The Morgan fingerprint density at radius 1 is 0.929 bits per heavy atom. The molecule has 6 nitrogen and oxygen atoms in total. The predicted octanol–water partition coefficient (Wildman–Crippen LogP) is 1.87. The molecule has 0 unspecified atom stereocenters. The second-order valence-corrected chi connectivity index (χ2v) is 7.02. The Morgan fingerprint density at radius 2 is 1.61 bits per heavy atom. The quantitative estimate of drug-likeness (QED) is 0.747. The van der Waals surface area contributed by atoms with E-state index in [2.05, 4.69) is 5.32 Å². The van der Waals surface area contributed by atoms with Gasteiger partial charge < -0.3 is 15.1 Å². The fourth-order valence-corrected chi connectivity index (χ4v) is 3.23. The highest BCUT2D eigenvalue weighted by Gasteiger charge is 2.32. The molecule has 0 radical (unpaired) electrons. The molecular weight excluding hydrogens is 354 g/mol. The fraction of sp³-hybridized carbons (Fsp3) is 0.318. The first kappa shape index (κ1) is 19.6. The van der Waals surface area contributed by atoms with Crippen LogP contribution < -0.4 is 5.32 Å². The Labute approximate surface area is 165 Å². The van der Waals surface area contributed by atoms with E-state index >= 15 is 0 Å². The Bertz CT molecular complexity index is 851. The molecule has 1 N–H and O–H groups in total. The van der Waals surface area contributed by atoms with Gasteiger partial charge in [0, 0.05) is 39.1 Å². The second kappa shape index (κ2) is 9.17. The van der Waals surface area contributed by atoms with Gasteiger partial charge in [-0.2, -0.15) is 0 Å². The second-order valence-electron chi connectivity index (χ2n) is 7.02. The van der Waals surface area contributed by atoms with Crippen molar-refractivity contribution in [1.29, 1.82) is 0 Å². The monoisotopic (exact) mass is 379 g/mol. The van der Waals surface area contributed by atoms with E-state index in [1.165, 1.54) is 4.90 Å². The molecule has 0 spiro atoms. The van der Waals surface area contributed by atoms with Gasteiger partial charge >= 0.3 is 11.8 Å². The van der Waals surface area contributed by atoms with Crippen molar-refractivity contribution in [2.75, 3.05) is 19.6 Å². The third kappa shape index (κ3) is 5.19. The van der Waals surface area contributed by atoms with E-state index in [-0.39, 0.29) is 18.9 Å². The molecule has 1 heterocycles. The summed E-state index contributed by atoms with van der Waals surface area (Å²) < 4.78 is 0. The molecule has 6 heteroatoms. The first-order valence-corrected chi connectivity index (χ1v) is 9.47. The minimum Gasteiger partial charge on any atom is -0.352 e. The lowest BCUT2D eigenvalue weighted by molar-refractivity contribution is -0.156. The number of nitrogens with zero attached hydrogens (tertiary/aromatic N) is 2. The first-order chi connectivity index (χ1) is 13.5. The van der Waals surface area contributed by atoms with Gasteiger partial charge in [-0.15, -0.1) is 0 Å². The molecule has 0 bridgehead atoms. The lowest BCUT2D eigenvalue weighted by atomic mass is 10.1. The summed E-state index contributed by atoms with van der Waals surface area (Å²) in [5, 5.41) is 2.86. The summed E-state index contributed by atoms with van der Waals surface area (Å²) in [7, 11) is 0. The zero-order chi connectivity index (χ0) is 19.9. The molecule has 0 saturated carbocycles. The summed E-state index contributed by atoms with van der Waals surface area (Å²) >= 11 is 0. The van der Waals surface area contributed by atoms with Crippen molar-refractivity contribution < 1.29 is 14.4 Å². The number of aryl methyl sites for hydroxylation is 1. The van der Waals surface area contributed by atoms with Gasteiger partial charge in [0.15, 0.2) is 0 Å². The summed E-state index contributed by atoms with van der Waals surface area (Å²) in [6.45, 7) is 4.07. The molecule has 2 aromatic rings. The summed E-state index contributed by atoms with van der Waals surface area (Å²) in [6, 6.07) is 17.5. The minimum absolute atomic E-state index is 0.131. The van der Waals surface area contributed by atoms with Gasteiger partial charge in [0.1, 0.15) is 0 Å². The van der Waals surface area contributed by atoms with Gasteiger partial charge in [-0.25, -0.2) is 0 Å². The van der Waals surface area contributed by atoms with Crippen molar-refractivity contribution in [3.8, 4) is 0 Å². The number of piperazine rings is 1. The van der Waals surface area contributed by atoms with Gasteiger partial charge in [-0.05, 0) is 18.1 Å². The van der Waals surface area contributed by atoms with Crippen LogP contribution in [0.25, 0.3) is 0 Å². The Hall–Kier alpha value is -3.15. The topological polar surface area (TPSA) is 69.7 Å². The number of rotatable bonds is 7. The van der Waals surface area contributed by atoms with Crippen LogP contribution in [0, 0.1) is 6.92 Å². The Morgan fingerprint density at radius 3 is 2.36 bits per heavy atom. The zero-order valence-electron chi connectivity index (χ0n) is 16.1. The molecule has 28 heavy (non-hydrogen) atoms. The van der Waals surface area contributed by atoms with Crippen LogP contribution in [0.4, 0.5) is 0 Å². The maximum Gasteiger partial charge on any atom is 0.312 e. The van der Waals surface area contributed by atoms with E-state index in [0.29, 0.717) is 26.2 Å². The number of hydrogen-bond donors (Lipinski definition) is 1. The summed E-state index contributed by atoms with van der Waals surface area (Å²) in [4.78, 5) is 39.8.